The summed E-state index contributed by atoms with van der Waals surface area (Å²) in [6.07, 6.45) is 0. The minimum Gasteiger partial charge on any atom is -0.454 e. The number of ether oxygens (including phenoxy) is 2. The zero-order valence-corrected chi connectivity index (χ0v) is 15.2. The zero-order valence-electron chi connectivity index (χ0n) is 14.4. The maximum Gasteiger partial charge on any atom is 0.289 e. The Labute approximate surface area is 159 Å². The van der Waals surface area contributed by atoms with Crippen molar-refractivity contribution in [3.63, 3.8) is 0 Å². The predicted molar refractivity (Wildman–Crippen MR) is 96.7 cm³/mol. The smallest absolute Gasteiger partial charge is 0.289 e. The predicted octanol–water partition coefficient (Wildman–Crippen LogP) is 1.52. The van der Waals surface area contributed by atoms with Crippen molar-refractivity contribution in [3.8, 4) is 23.6 Å². The van der Waals surface area contributed by atoms with E-state index in [0.717, 1.165) is 17.3 Å². The van der Waals surface area contributed by atoms with Gasteiger partial charge in [0.05, 0.1) is 11.8 Å². The molecule has 0 fully saturated rings. The minimum absolute atomic E-state index is 0.0887. The van der Waals surface area contributed by atoms with E-state index in [1.807, 2.05) is 37.3 Å². The fourth-order valence-electron chi connectivity index (χ4n) is 2.52. The second-order valence-electron chi connectivity index (χ2n) is 5.75. The number of amides is 1. The van der Waals surface area contributed by atoms with Gasteiger partial charge in [0.2, 0.25) is 12.7 Å². The number of thioether (sulfide) groups is 1. The van der Waals surface area contributed by atoms with E-state index < -0.39 is 0 Å². The maximum atomic E-state index is 12.3. The average molecular weight is 382 g/mol. The molecule has 1 amide bonds. The van der Waals surface area contributed by atoms with Crippen LogP contribution in [-0.2, 0) is 4.79 Å². The normalized spacial score (nSPS) is 12.7. The summed E-state index contributed by atoms with van der Waals surface area (Å²) in [5.41, 5.74) is 7.09. The molecule has 136 valence electrons. The number of hydrogen-bond donors (Lipinski definition) is 2. The van der Waals surface area contributed by atoms with Gasteiger partial charge < -0.3 is 14.8 Å². The van der Waals surface area contributed by atoms with Crippen LogP contribution < -0.4 is 25.5 Å². The number of nitrogens with one attached hydrogen (secondary N) is 2. The molecule has 0 saturated carbocycles. The van der Waals surface area contributed by atoms with E-state index >= 15 is 0 Å². The number of nitrogens with two attached hydrogens (primary N) is 1. The van der Waals surface area contributed by atoms with Crippen LogP contribution in [0.2, 0.25) is 0 Å². The van der Waals surface area contributed by atoms with Crippen LogP contribution in [0.3, 0.4) is 0 Å². The van der Waals surface area contributed by atoms with Crippen LogP contribution in [0.25, 0.3) is 0 Å². The van der Waals surface area contributed by atoms with Crippen molar-refractivity contribution in [1.29, 1.82) is 10.5 Å². The first-order chi connectivity index (χ1) is 13.0. The number of nitrogens with zero attached hydrogens (tertiary/aromatic N) is 2. The first kappa shape index (κ1) is 18.4. The van der Waals surface area contributed by atoms with Gasteiger partial charge in [-0.15, -0.1) is 0 Å². The number of nitriles is 2. The van der Waals surface area contributed by atoms with Crippen molar-refractivity contribution in [2.75, 3.05) is 18.3 Å². The molecule has 27 heavy (non-hydrogen) atoms. The third-order valence-corrected chi connectivity index (χ3v) is 4.95. The molecule has 1 aromatic carbocycles. The van der Waals surface area contributed by atoms with Crippen LogP contribution in [0, 0.1) is 22.7 Å². The van der Waals surface area contributed by atoms with E-state index in [2.05, 4.69) is 10.3 Å². The number of H-pyrrole nitrogens is 1. The number of rotatable bonds is 5. The third kappa shape index (κ3) is 4.05. The lowest BCUT2D eigenvalue weighted by molar-refractivity contribution is -0.410. The number of aromatic nitrogens is 1. The van der Waals surface area contributed by atoms with Crippen LogP contribution in [0.15, 0.2) is 29.3 Å². The molecular formula is C18H16N5O3S+. The number of nitrogen functional groups attached to an aromatic ring is 1. The van der Waals surface area contributed by atoms with Crippen LogP contribution in [0.4, 0.5) is 5.82 Å². The Hall–Kier alpha value is -3.43. The van der Waals surface area contributed by atoms with Gasteiger partial charge in [0.25, 0.3) is 5.82 Å². The Morgan fingerprint density at radius 3 is 2.78 bits per heavy atom. The molecule has 1 aliphatic rings. The molecule has 0 radical (unpaired) electrons. The quantitative estimate of drug-likeness (QED) is 0.748. The van der Waals surface area contributed by atoms with Gasteiger partial charge in [0, 0.05) is 0 Å². The largest absolute Gasteiger partial charge is 0.454 e. The monoisotopic (exact) mass is 382 g/mol. The van der Waals surface area contributed by atoms with E-state index in [0.29, 0.717) is 16.5 Å². The van der Waals surface area contributed by atoms with E-state index in [1.165, 1.54) is 6.07 Å². The number of fused-ring (bicyclic) bond motifs is 1. The SMILES string of the molecule is C[C@H](NC(=O)CSc1[nH+]c(N)c(C#N)cc1C#N)c1ccc2c(c1)OCO2. The lowest BCUT2D eigenvalue weighted by atomic mass is 10.1. The molecule has 2 heterocycles. The highest BCUT2D eigenvalue weighted by Crippen LogP contribution is 2.34. The molecule has 2 aromatic rings. The van der Waals surface area contributed by atoms with E-state index in [4.69, 9.17) is 20.5 Å². The molecule has 3 rings (SSSR count). The van der Waals surface area contributed by atoms with Crippen LogP contribution in [-0.4, -0.2) is 18.5 Å². The lowest BCUT2D eigenvalue weighted by Crippen LogP contribution is -2.28. The zero-order chi connectivity index (χ0) is 19.4. The van der Waals surface area contributed by atoms with Gasteiger partial charge in [-0.3, -0.25) is 10.5 Å². The number of hydrogen-bond acceptors (Lipinski definition) is 7. The van der Waals surface area contributed by atoms with Gasteiger partial charge in [0.1, 0.15) is 23.3 Å². The number of pyridine rings is 1. The fraction of sp³-hybridized carbons (Fsp3) is 0.222. The Balaban J connectivity index is 1.62. The van der Waals surface area contributed by atoms with Crippen molar-refractivity contribution in [2.24, 2.45) is 0 Å². The summed E-state index contributed by atoms with van der Waals surface area (Å²) in [5, 5.41) is 21.5. The summed E-state index contributed by atoms with van der Waals surface area (Å²) in [6, 6.07) is 10.6. The van der Waals surface area contributed by atoms with Crippen molar-refractivity contribution < 1.29 is 19.3 Å². The van der Waals surface area contributed by atoms with Crippen molar-refractivity contribution >= 4 is 23.5 Å². The lowest BCUT2D eigenvalue weighted by Gasteiger charge is -2.14. The highest BCUT2D eigenvalue weighted by Gasteiger charge is 2.19. The molecular weight excluding hydrogens is 366 g/mol. The molecule has 1 atom stereocenters. The molecule has 0 unspecified atom stereocenters. The van der Waals surface area contributed by atoms with Crippen LogP contribution in [0.1, 0.15) is 29.7 Å². The first-order valence-electron chi connectivity index (χ1n) is 7.99. The Kier molecular flexibility index (Phi) is 5.34. The Bertz CT molecular complexity index is 980. The van der Waals surface area contributed by atoms with Gasteiger partial charge in [-0.2, -0.15) is 10.5 Å². The van der Waals surface area contributed by atoms with E-state index in [1.54, 1.807) is 0 Å². The van der Waals surface area contributed by atoms with Crippen molar-refractivity contribution in [2.45, 2.75) is 18.0 Å². The van der Waals surface area contributed by atoms with Gasteiger partial charge in [-0.05, 0) is 30.7 Å². The number of anilines is 1. The van der Waals surface area contributed by atoms with Gasteiger partial charge >= 0.3 is 0 Å². The maximum absolute atomic E-state index is 12.3. The Morgan fingerprint density at radius 1 is 1.30 bits per heavy atom. The summed E-state index contributed by atoms with van der Waals surface area (Å²) >= 11 is 1.15. The topological polar surface area (TPSA) is 135 Å². The minimum atomic E-state index is -0.224. The molecule has 0 aliphatic carbocycles. The third-order valence-electron chi connectivity index (χ3n) is 3.93. The number of carbonyl (C=O) groups excluding carboxylic acids is 1. The van der Waals surface area contributed by atoms with Crippen LogP contribution >= 0.6 is 11.8 Å². The molecule has 1 aromatic heterocycles. The second kappa shape index (κ2) is 7.85. The summed E-state index contributed by atoms with van der Waals surface area (Å²) in [7, 11) is 0. The summed E-state index contributed by atoms with van der Waals surface area (Å²) < 4.78 is 10.6. The summed E-state index contributed by atoms with van der Waals surface area (Å²) in [5.74, 6) is 1.39. The average Bonchev–Trinajstić information content (AvgIpc) is 3.14. The molecule has 0 saturated heterocycles. The molecule has 0 spiro atoms. The van der Waals surface area contributed by atoms with Gasteiger partial charge in [-0.25, -0.2) is 4.98 Å². The molecule has 4 N–H and O–H groups in total. The standard InChI is InChI=1S/C18H15N5O3S/c1-10(11-2-3-14-15(5-11)26-9-25-14)22-16(24)8-27-18-13(7-20)4-12(6-19)17(21)23-18/h2-5,10H,8-9H2,1H3,(H2,21,23)(H,22,24)/p+1/t10-/m0/s1. The second-order valence-corrected chi connectivity index (χ2v) is 6.74. The van der Waals surface area contributed by atoms with Crippen LogP contribution in [0.5, 0.6) is 11.5 Å². The highest BCUT2D eigenvalue weighted by molar-refractivity contribution is 7.99. The number of carbonyl (C=O) groups is 1. The number of aromatic amines is 1. The van der Waals surface area contributed by atoms with Crippen molar-refractivity contribution in [1.82, 2.24) is 5.32 Å². The molecule has 1 aliphatic heterocycles. The van der Waals surface area contributed by atoms with Gasteiger partial charge in [-0.1, -0.05) is 17.8 Å². The fourth-order valence-corrected chi connectivity index (χ4v) is 3.32. The molecule has 8 nitrogen and oxygen atoms in total. The Morgan fingerprint density at radius 2 is 2.04 bits per heavy atom. The summed E-state index contributed by atoms with van der Waals surface area (Å²) in [4.78, 5) is 15.1. The molecule has 9 heteroatoms. The first-order valence-corrected chi connectivity index (χ1v) is 8.98. The summed E-state index contributed by atoms with van der Waals surface area (Å²) in [6.45, 7) is 2.06. The number of benzene rings is 1. The van der Waals surface area contributed by atoms with Crippen molar-refractivity contribution in [3.05, 3.63) is 41.0 Å². The van der Waals surface area contributed by atoms with E-state index in [9.17, 15) is 10.1 Å². The van der Waals surface area contributed by atoms with E-state index in [-0.39, 0.29) is 41.4 Å². The molecule has 0 bridgehead atoms. The van der Waals surface area contributed by atoms with Gasteiger partial charge in [0.15, 0.2) is 16.5 Å². The highest BCUT2D eigenvalue weighted by atomic mass is 32.2.